The minimum absolute atomic E-state index is 0.0548. The van der Waals surface area contributed by atoms with E-state index in [1.54, 1.807) is 41.9 Å². The van der Waals surface area contributed by atoms with Gasteiger partial charge in [-0.2, -0.15) is 0 Å². The molecule has 0 saturated carbocycles. The van der Waals surface area contributed by atoms with Gasteiger partial charge >= 0.3 is 11.9 Å². The zero-order valence-corrected chi connectivity index (χ0v) is 25.1. The molecule has 1 aromatic rings. The van der Waals surface area contributed by atoms with Gasteiger partial charge in [0.1, 0.15) is 18.6 Å². The summed E-state index contributed by atoms with van der Waals surface area (Å²) in [5.41, 5.74) is 8.93. The number of methoxy groups -OCH3 is 2. The third-order valence-electron chi connectivity index (χ3n) is 7.24. The van der Waals surface area contributed by atoms with Crippen LogP contribution in [-0.4, -0.2) is 61.4 Å². The lowest BCUT2D eigenvalue weighted by molar-refractivity contribution is -0.158. The lowest BCUT2D eigenvalue weighted by atomic mass is 9.78. The van der Waals surface area contributed by atoms with Crippen molar-refractivity contribution in [3.05, 3.63) is 39.8 Å². The maximum atomic E-state index is 12.8. The molecule has 0 spiro atoms. The fourth-order valence-corrected chi connectivity index (χ4v) is 4.69. The molecule has 1 aromatic carbocycles. The van der Waals surface area contributed by atoms with E-state index < -0.39 is 29.6 Å². The molecule has 40 heavy (non-hydrogen) atoms. The highest BCUT2D eigenvalue weighted by Crippen LogP contribution is 2.39. The van der Waals surface area contributed by atoms with E-state index in [9.17, 15) is 19.8 Å². The summed E-state index contributed by atoms with van der Waals surface area (Å²) in [5, 5.41) is 24.3. The van der Waals surface area contributed by atoms with Gasteiger partial charge in [0.05, 0.1) is 25.7 Å². The first-order chi connectivity index (χ1) is 18.8. The van der Waals surface area contributed by atoms with Gasteiger partial charge in [0.2, 0.25) is 0 Å². The predicted molar refractivity (Wildman–Crippen MR) is 151 cm³/mol. The minimum Gasteiger partial charge on any atom is -0.496 e. The number of hydrogen-bond acceptors (Lipinski definition) is 8. The van der Waals surface area contributed by atoms with Crippen LogP contribution in [0.1, 0.15) is 78.0 Å². The largest absolute Gasteiger partial charge is 0.496 e. The Balaban J connectivity index is 3.34. The second-order valence-electron chi connectivity index (χ2n) is 11.1. The third-order valence-corrected chi connectivity index (χ3v) is 7.24. The molecule has 0 aliphatic carbocycles. The molecule has 0 bridgehead atoms. The average Bonchev–Trinajstić information content (AvgIpc) is 2.89. The maximum absolute atomic E-state index is 12.8. The van der Waals surface area contributed by atoms with Crippen molar-refractivity contribution in [3.8, 4) is 5.75 Å². The number of azide groups is 1. The number of aliphatic carboxylic acids is 1. The number of nitrogens with zero attached hydrogens (tertiary/aromatic N) is 3. The monoisotopic (exact) mass is 565 g/mol. The highest BCUT2D eigenvalue weighted by atomic mass is 16.7. The molecule has 0 radical (unpaired) electrons. The van der Waals surface area contributed by atoms with Gasteiger partial charge in [-0.05, 0) is 66.3 Å². The highest BCUT2D eigenvalue weighted by Gasteiger charge is 2.43. The Morgan fingerprint density at radius 3 is 2.27 bits per heavy atom. The second kappa shape index (κ2) is 17.1. The topological polar surface area (TPSA) is 160 Å². The van der Waals surface area contributed by atoms with Crippen LogP contribution in [0.2, 0.25) is 0 Å². The maximum Gasteiger partial charge on any atom is 0.315 e. The number of carbonyl (C=O) groups excluding carboxylic acids is 1. The Morgan fingerprint density at radius 2 is 1.77 bits per heavy atom. The Bertz CT molecular complexity index is 989. The van der Waals surface area contributed by atoms with Crippen LogP contribution in [0.25, 0.3) is 10.4 Å². The molecule has 0 fully saturated rings. The minimum atomic E-state index is -1.76. The number of carboxylic acid groups (broad SMARTS) is 1. The number of hydrogen-bond donors (Lipinski definition) is 2. The summed E-state index contributed by atoms with van der Waals surface area (Å²) >= 11 is 0. The number of esters is 1. The number of aliphatic hydroxyl groups excluding tert-OH is 1. The van der Waals surface area contributed by atoms with Crippen LogP contribution < -0.4 is 4.74 Å². The summed E-state index contributed by atoms with van der Waals surface area (Å²) in [4.78, 5) is 27.6. The number of carbonyl (C=O) groups is 2. The molecule has 2 N–H and O–H groups in total. The average molecular weight is 566 g/mol. The van der Waals surface area contributed by atoms with E-state index in [0.29, 0.717) is 25.2 Å². The fraction of sp³-hybridized carbons (Fsp3) is 0.724. The zero-order chi connectivity index (χ0) is 30.5. The normalized spacial score (nSPS) is 15.3. The van der Waals surface area contributed by atoms with Crippen molar-refractivity contribution in [1.82, 2.24) is 0 Å². The van der Waals surface area contributed by atoms with E-state index in [2.05, 4.69) is 10.0 Å². The van der Waals surface area contributed by atoms with Crippen LogP contribution in [-0.2, 0) is 30.2 Å². The first kappa shape index (κ1) is 35.2. The van der Waals surface area contributed by atoms with Crippen molar-refractivity contribution >= 4 is 11.9 Å². The summed E-state index contributed by atoms with van der Waals surface area (Å²) in [6.45, 7) is 11.5. The number of aliphatic hydroxyl groups is 1. The number of carboxylic acids is 1. The van der Waals surface area contributed by atoms with Gasteiger partial charge in [0.25, 0.3) is 0 Å². The van der Waals surface area contributed by atoms with Crippen molar-refractivity contribution in [1.29, 1.82) is 0 Å². The van der Waals surface area contributed by atoms with E-state index in [-0.39, 0.29) is 43.4 Å². The number of rotatable bonds is 19. The van der Waals surface area contributed by atoms with Crippen molar-refractivity contribution in [3.63, 3.8) is 0 Å². The lowest BCUT2D eigenvalue weighted by Gasteiger charge is -2.33. The van der Waals surface area contributed by atoms with Gasteiger partial charge in [-0.25, -0.2) is 0 Å². The van der Waals surface area contributed by atoms with Crippen LogP contribution in [0.15, 0.2) is 23.3 Å². The molecule has 0 aliphatic rings. The van der Waals surface area contributed by atoms with Crippen LogP contribution >= 0.6 is 0 Å². The van der Waals surface area contributed by atoms with E-state index in [1.807, 2.05) is 32.0 Å². The number of ether oxygens (including phenoxy) is 4. The summed E-state index contributed by atoms with van der Waals surface area (Å²) in [6, 6.07) is 5.67. The Morgan fingerprint density at radius 1 is 1.10 bits per heavy atom. The molecule has 11 nitrogen and oxygen atoms in total. The molecule has 0 unspecified atom stereocenters. The van der Waals surface area contributed by atoms with Crippen molar-refractivity contribution in [2.24, 2.45) is 28.8 Å². The van der Waals surface area contributed by atoms with Crippen LogP contribution in [0.3, 0.4) is 0 Å². The first-order valence-corrected chi connectivity index (χ1v) is 13.8. The second-order valence-corrected chi connectivity index (χ2v) is 11.1. The van der Waals surface area contributed by atoms with Gasteiger partial charge in [0, 0.05) is 17.9 Å². The van der Waals surface area contributed by atoms with Gasteiger partial charge in [-0.15, -0.1) is 0 Å². The zero-order valence-electron chi connectivity index (χ0n) is 25.1. The molecule has 0 heterocycles. The molecular weight excluding hydrogens is 518 g/mol. The highest BCUT2D eigenvalue weighted by molar-refractivity contribution is 5.79. The van der Waals surface area contributed by atoms with Crippen molar-refractivity contribution in [2.75, 3.05) is 27.6 Å². The van der Waals surface area contributed by atoms with Crippen molar-refractivity contribution < 1.29 is 38.7 Å². The molecule has 4 atom stereocenters. The summed E-state index contributed by atoms with van der Waals surface area (Å²) in [6.07, 6.45) is -0.650. The van der Waals surface area contributed by atoms with Crippen molar-refractivity contribution in [2.45, 2.75) is 85.0 Å². The molecule has 1 rings (SSSR count). The van der Waals surface area contributed by atoms with E-state index in [1.165, 1.54) is 0 Å². The third kappa shape index (κ3) is 9.96. The molecule has 0 aromatic heterocycles. The lowest BCUT2D eigenvalue weighted by Crippen LogP contribution is -2.44. The Kier molecular flexibility index (Phi) is 15.0. The molecule has 226 valence electrons. The molecule has 11 heteroatoms. The van der Waals surface area contributed by atoms with E-state index in [4.69, 9.17) is 24.5 Å². The van der Waals surface area contributed by atoms with Gasteiger partial charge in [-0.3, -0.25) is 9.59 Å². The van der Waals surface area contributed by atoms with Gasteiger partial charge < -0.3 is 29.2 Å². The van der Waals surface area contributed by atoms with Gasteiger partial charge in [0.15, 0.2) is 5.54 Å². The smallest absolute Gasteiger partial charge is 0.315 e. The standard InChI is InChI=1S/C29H47N3O8/c1-18(2)24(11-10-23(33)16-29(20(5)6,28(35)36)31-32-30)26(40-27(34)19(3)4)22-9-12-25(38-8)21(15-22)13-14-39-17-37-7/h9,12,15,18-20,23-24,26,33H,10-11,13-14,16-17H2,1-8H3,(H,35,36)/t23-,24-,26+,29-/m0/s1. The first-order valence-electron chi connectivity index (χ1n) is 13.8. The molecule has 0 saturated heterocycles. The Hall–Kier alpha value is -2.85. The summed E-state index contributed by atoms with van der Waals surface area (Å²) in [7, 11) is 3.15. The fourth-order valence-electron chi connectivity index (χ4n) is 4.69. The van der Waals surface area contributed by atoms with Crippen LogP contribution in [0, 0.1) is 23.7 Å². The molecular formula is C29H47N3O8. The SMILES string of the molecule is COCOCCc1cc([C@@H](OC(=O)C(C)C)[C@@H](CC[C@H](O)C[C@@](N=[N+]=[N-])(C(=O)O)C(C)C)C(C)C)ccc1OC. The predicted octanol–water partition coefficient (Wildman–Crippen LogP) is 5.69. The summed E-state index contributed by atoms with van der Waals surface area (Å²) in [5.74, 6) is -1.94. The van der Waals surface area contributed by atoms with Crippen LogP contribution in [0.5, 0.6) is 5.75 Å². The van der Waals surface area contributed by atoms with Gasteiger partial charge in [-0.1, -0.05) is 52.7 Å². The Labute approximate surface area is 237 Å². The quantitative estimate of drug-likeness (QED) is 0.0540. The van der Waals surface area contributed by atoms with Crippen LogP contribution in [0.4, 0.5) is 0 Å². The van der Waals surface area contributed by atoms with E-state index in [0.717, 1.165) is 11.1 Å². The van der Waals surface area contributed by atoms with E-state index >= 15 is 0 Å². The molecule has 0 amide bonds. The molecule has 0 aliphatic heterocycles. The summed E-state index contributed by atoms with van der Waals surface area (Å²) < 4.78 is 22.0. The number of benzene rings is 1.